The molecule has 2 aromatic rings. The van der Waals surface area contributed by atoms with Crippen LogP contribution in [0, 0.1) is 0 Å². The summed E-state index contributed by atoms with van der Waals surface area (Å²) < 4.78 is 5.17. The normalized spacial score (nSPS) is 14.5. The number of amides is 2. The number of rotatable bonds is 5. The summed E-state index contributed by atoms with van der Waals surface area (Å²) in [6.45, 7) is 1.27. The first-order valence-electron chi connectivity index (χ1n) is 9.49. The largest absolute Gasteiger partial charge is 0.497 e. The number of methoxy groups -OCH3 is 1. The number of ether oxygens (including phenoxy) is 1. The molecule has 148 valence electrons. The number of piperidine rings is 1. The summed E-state index contributed by atoms with van der Waals surface area (Å²) in [4.78, 5) is 29.0. The highest BCUT2D eigenvalue weighted by atomic mass is 16.5. The molecule has 1 N–H and O–H groups in total. The van der Waals surface area contributed by atoms with E-state index in [-0.39, 0.29) is 17.9 Å². The first kappa shape index (κ1) is 19.7. The molecule has 2 aromatic carbocycles. The summed E-state index contributed by atoms with van der Waals surface area (Å²) in [6.07, 6.45) is 1.49. The predicted molar refractivity (Wildman–Crippen MR) is 110 cm³/mol. The Morgan fingerprint density at radius 1 is 1.04 bits per heavy atom. The third-order valence-corrected chi connectivity index (χ3v) is 5.08. The van der Waals surface area contributed by atoms with Gasteiger partial charge in [0.25, 0.3) is 11.8 Å². The molecule has 1 aliphatic heterocycles. The minimum atomic E-state index is -0.108. The molecule has 0 aromatic heterocycles. The van der Waals surface area contributed by atoms with Crippen molar-refractivity contribution in [2.75, 3.05) is 39.2 Å². The van der Waals surface area contributed by atoms with Gasteiger partial charge in [-0.3, -0.25) is 9.59 Å². The zero-order valence-electron chi connectivity index (χ0n) is 16.6. The van der Waals surface area contributed by atoms with Gasteiger partial charge >= 0.3 is 0 Å². The first-order chi connectivity index (χ1) is 13.5. The van der Waals surface area contributed by atoms with E-state index in [1.807, 2.05) is 54.2 Å². The van der Waals surface area contributed by atoms with Crippen molar-refractivity contribution in [3.8, 4) is 5.75 Å². The van der Waals surface area contributed by atoms with Gasteiger partial charge in [0.1, 0.15) is 5.75 Å². The van der Waals surface area contributed by atoms with Crippen LogP contribution in [-0.4, -0.2) is 57.1 Å². The molecular formula is C22H27N3O3. The SMILES string of the molecule is COc1cccc(C(=O)NC2CCN(C(=O)c3ccc(N(C)C)cc3)CC2)c1. The summed E-state index contributed by atoms with van der Waals surface area (Å²) >= 11 is 0. The Hall–Kier alpha value is -3.02. The highest BCUT2D eigenvalue weighted by Gasteiger charge is 2.25. The van der Waals surface area contributed by atoms with Crippen molar-refractivity contribution in [2.24, 2.45) is 0 Å². The van der Waals surface area contributed by atoms with E-state index in [9.17, 15) is 9.59 Å². The van der Waals surface area contributed by atoms with Gasteiger partial charge in [0.15, 0.2) is 0 Å². The number of hydrogen-bond acceptors (Lipinski definition) is 4. The number of hydrogen-bond donors (Lipinski definition) is 1. The fourth-order valence-corrected chi connectivity index (χ4v) is 3.34. The lowest BCUT2D eigenvalue weighted by molar-refractivity contribution is 0.0698. The Morgan fingerprint density at radius 3 is 2.32 bits per heavy atom. The number of likely N-dealkylation sites (tertiary alicyclic amines) is 1. The minimum Gasteiger partial charge on any atom is -0.497 e. The quantitative estimate of drug-likeness (QED) is 0.865. The maximum Gasteiger partial charge on any atom is 0.253 e. The molecule has 6 nitrogen and oxygen atoms in total. The summed E-state index contributed by atoms with van der Waals surface area (Å²) in [5, 5.41) is 3.07. The molecule has 0 spiro atoms. The highest BCUT2D eigenvalue weighted by molar-refractivity contribution is 5.95. The van der Waals surface area contributed by atoms with E-state index in [4.69, 9.17) is 4.74 Å². The first-order valence-corrected chi connectivity index (χ1v) is 9.49. The molecule has 6 heteroatoms. The minimum absolute atomic E-state index is 0.0443. The fraction of sp³-hybridized carbons (Fsp3) is 0.364. The van der Waals surface area contributed by atoms with Gasteiger partial charge in [-0.2, -0.15) is 0 Å². The van der Waals surface area contributed by atoms with Crippen molar-refractivity contribution in [2.45, 2.75) is 18.9 Å². The van der Waals surface area contributed by atoms with Crippen LogP contribution in [0.15, 0.2) is 48.5 Å². The molecule has 28 heavy (non-hydrogen) atoms. The van der Waals surface area contributed by atoms with Gasteiger partial charge in [-0.15, -0.1) is 0 Å². The summed E-state index contributed by atoms with van der Waals surface area (Å²) in [5.74, 6) is 0.596. The number of carbonyl (C=O) groups is 2. The average Bonchev–Trinajstić information content (AvgIpc) is 2.74. The molecule has 0 aliphatic carbocycles. The van der Waals surface area contributed by atoms with Crippen molar-refractivity contribution < 1.29 is 14.3 Å². The van der Waals surface area contributed by atoms with Gasteiger partial charge in [-0.05, 0) is 55.3 Å². The molecule has 0 saturated carbocycles. The molecule has 0 unspecified atom stereocenters. The fourth-order valence-electron chi connectivity index (χ4n) is 3.34. The summed E-state index contributed by atoms with van der Waals surface area (Å²) in [5.41, 5.74) is 2.35. The summed E-state index contributed by atoms with van der Waals surface area (Å²) in [7, 11) is 5.53. The molecule has 1 fully saturated rings. The van der Waals surface area contributed by atoms with E-state index in [1.165, 1.54) is 0 Å². The van der Waals surface area contributed by atoms with E-state index in [0.717, 1.165) is 18.5 Å². The monoisotopic (exact) mass is 381 g/mol. The molecule has 0 radical (unpaired) electrons. The average molecular weight is 381 g/mol. The Balaban J connectivity index is 1.53. The van der Waals surface area contributed by atoms with Crippen LogP contribution in [0.3, 0.4) is 0 Å². The lowest BCUT2D eigenvalue weighted by Crippen LogP contribution is -2.46. The second kappa shape index (κ2) is 8.78. The molecule has 0 atom stereocenters. The third kappa shape index (κ3) is 4.63. The molecule has 1 heterocycles. The number of carbonyl (C=O) groups excluding carboxylic acids is 2. The standard InChI is InChI=1S/C22H27N3O3/c1-24(2)19-9-7-16(8-10-19)22(27)25-13-11-18(12-14-25)23-21(26)17-5-4-6-20(15-17)28-3/h4-10,15,18H,11-14H2,1-3H3,(H,23,26). The van der Waals surface area contributed by atoms with Crippen LogP contribution in [-0.2, 0) is 0 Å². The second-order valence-electron chi connectivity index (χ2n) is 7.21. The van der Waals surface area contributed by atoms with E-state index in [0.29, 0.717) is 30.0 Å². The Morgan fingerprint density at radius 2 is 1.71 bits per heavy atom. The van der Waals surface area contributed by atoms with Gasteiger partial charge in [0, 0.05) is 50.0 Å². The van der Waals surface area contributed by atoms with Crippen LogP contribution in [0.5, 0.6) is 5.75 Å². The van der Waals surface area contributed by atoms with E-state index < -0.39 is 0 Å². The van der Waals surface area contributed by atoms with Crippen LogP contribution >= 0.6 is 0 Å². The molecule has 2 amide bonds. The number of nitrogens with zero attached hydrogens (tertiary/aromatic N) is 2. The maximum atomic E-state index is 12.7. The van der Waals surface area contributed by atoms with Crippen molar-refractivity contribution in [1.29, 1.82) is 0 Å². The van der Waals surface area contributed by atoms with Crippen molar-refractivity contribution in [3.05, 3.63) is 59.7 Å². The number of nitrogens with one attached hydrogen (secondary N) is 1. The molecule has 1 aliphatic rings. The molecular weight excluding hydrogens is 354 g/mol. The zero-order chi connectivity index (χ0) is 20.1. The maximum absolute atomic E-state index is 12.7. The molecule has 1 saturated heterocycles. The zero-order valence-corrected chi connectivity index (χ0v) is 16.6. The number of benzene rings is 2. The van der Waals surface area contributed by atoms with Crippen molar-refractivity contribution in [3.63, 3.8) is 0 Å². The van der Waals surface area contributed by atoms with Crippen LogP contribution in [0.2, 0.25) is 0 Å². The Kier molecular flexibility index (Phi) is 6.19. The molecule has 3 rings (SSSR count). The predicted octanol–water partition coefficient (Wildman–Crippen LogP) is 2.80. The van der Waals surface area contributed by atoms with E-state index >= 15 is 0 Å². The molecule has 0 bridgehead atoms. The second-order valence-corrected chi connectivity index (χ2v) is 7.21. The third-order valence-electron chi connectivity index (χ3n) is 5.08. The van der Waals surface area contributed by atoms with E-state index in [1.54, 1.807) is 25.3 Å². The smallest absolute Gasteiger partial charge is 0.253 e. The Labute approximate surface area is 166 Å². The lowest BCUT2D eigenvalue weighted by atomic mass is 10.0. The topological polar surface area (TPSA) is 61.9 Å². The van der Waals surface area contributed by atoms with Crippen molar-refractivity contribution in [1.82, 2.24) is 10.2 Å². The van der Waals surface area contributed by atoms with Crippen LogP contribution in [0.4, 0.5) is 5.69 Å². The highest BCUT2D eigenvalue weighted by Crippen LogP contribution is 2.18. The van der Waals surface area contributed by atoms with Gasteiger partial charge in [0.05, 0.1) is 7.11 Å². The summed E-state index contributed by atoms with van der Waals surface area (Å²) in [6, 6.07) is 14.8. The number of anilines is 1. The van der Waals surface area contributed by atoms with E-state index in [2.05, 4.69) is 5.32 Å². The van der Waals surface area contributed by atoms with Gasteiger partial charge in [-0.1, -0.05) is 6.07 Å². The van der Waals surface area contributed by atoms with Crippen molar-refractivity contribution >= 4 is 17.5 Å². The van der Waals surface area contributed by atoms with Crippen LogP contribution < -0.4 is 15.0 Å². The van der Waals surface area contributed by atoms with Crippen LogP contribution in [0.1, 0.15) is 33.6 Å². The van der Waals surface area contributed by atoms with Gasteiger partial charge in [0.2, 0.25) is 0 Å². The van der Waals surface area contributed by atoms with Gasteiger partial charge < -0.3 is 19.9 Å². The van der Waals surface area contributed by atoms with Gasteiger partial charge in [-0.25, -0.2) is 0 Å². The Bertz CT molecular complexity index is 825. The lowest BCUT2D eigenvalue weighted by Gasteiger charge is -2.32. The van der Waals surface area contributed by atoms with Crippen LogP contribution in [0.25, 0.3) is 0 Å².